The van der Waals surface area contributed by atoms with Crippen LogP contribution in [0, 0.1) is 3.57 Å². The molecule has 2 rings (SSSR count). The van der Waals surface area contributed by atoms with Gasteiger partial charge in [0.2, 0.25) is 5.91 Å². The molecule has 7 heteroatoms. The molecule has 0 radical (unpaired) electrons. The standard InChI is InChI=1S/C23H29IN2O4/c1-4-5-13-25-23(28)17(2)26(15-18-7-6-8-21(14-18)29-3)22(27)16-30-20-11-9-19(24)10-12-20/h6-12,14,17H,4-5,13,15-16H2,1-3H3,(H,25,28). The molecule has 0 heterocycles. The normalized spacial score (nSPS) is 11.5. The SMILES string of the molecule is CCCCNC(=O)C(C)N(Cc1cccc(OC)c1)C(=O)COc1ccc(I)cc1. The molecule has 0 aromatic heterocycles. The van der Waals surface area contributed by atoms with Crippen LogP contribution >= 0.6 is 22.6 Å². The maximum atomic E-state index is 13.0. The summed E-state index contributed by atoms with van der Waals surface area (Å²) < 4.78 is 12.0. The van der Waals surface area contributed by atoms with Crippen molar-refractivity contribution >= 4 is 34.4 Å². The number of amides is 2. The second-order valence-electron chi connectivity index (χ2n) is 6.94. The lowest BCUT2D eigenvalue weighted by molar-refractivity contribution is -0.142. The lowest BCUT2D eigenvalue weighted by atomic mass is 10.1. The lowest BCUT2D eigenvalue weighted by Gasteiger charge is -2.29. The summed E-state index contributed by atoms with van der Waals surface area (Å²) >= 11 is 2.21. The van der Waals surface area contributed by atoms with Crippen LogP contribution in [0.1, 0.15) is 32.3 Å². The first-order valence-corrected chi connectivity index (χ1v) is 11.1. The van der Waals surface area contributed by atoms with E-state index in [1.807, 2.05) is 48.5 Å². The predicted octanol–water partition coefficient (Wildman–Crippen LogP) is 4.01. The summed E-state index contributed by atoms with van der Waals surface area (Å²) in [5, 5.41) is 2.91. The third-order valence-corrected chi connectivity index (χ3v) is 5.38. The predicted molar refractivity (Wildman–Crippen MR) is 126 cm³/mol. The Kier molecular flexibility index (Phi) is 9.93. The summed E-state index contributed by atoms with van der Waals surface area (Å²) in [6.45, 7) is 4.55. The van der Waals surface area contributed by atoms with Crippen LogP contribution in [0.3, 0.4) is 0 Å². The van der Waals surface area contributed by atoms with E-state index in [0.29, 0.717) is 18.0 Å². The number of unbranched alkanes of at least 4 members (excludes halogenated alkanes) is 1. The molecule has 0 saturated carbocycles. The minimum atomic E-state index is -0.624. The maximum absolute atomic E-state index is 13.0. The molecule has 2 amide bonds. The first-order valence-electron chi connectivity index (χ1n) is 10.0. The Hall–Kier alpha value is -2.29. The molecule has 0 aliphatic heterocycles. The van der Waals surface area contributed by atoms with Gasteiger partial charge in [-0.1, -0.05) is 25.5 Å². The van der Waals surface area contributed by atoms with Crippen LogP contribution in [0.4, 0.5) is 0 Å². The zero-order valence-electron chi connectivity index (χ0n) is 17.7. The van der Waals surface area contributed by atoms with Gasteiger partial charge in [0, 0.05) is 16.7 Å². The molecular weight excluding hydrogens is 495 g/mol. The van der Waals surface area contributed by atoms with E-state index in [1.165, 1.54) is 0 Å². The number of hydrogen-bond acceptors (Lipinski definition) is 4. The highest BCUT2D eigenvalue weighted by Gasteiger charge is 2.26. The lowest BCUT2D eigenvalue weighted by Crippen LogP contribution is -2.49. The zero-order valence-corrected chi connectivity index (χ0v) is 19.8. The monoisotopic (exact) mass is 524 g/mol. The Morgan fingerprint density at radius 2 is 1.87 bits per heavy atom. The van der Waals surface area contributed by atoms with Crippen molar-refractivity contribution in [2.75, 3.05) is 20.3 Å². The molecule has 0 aliphatic carbocycles. The van der Waals surface area contributed by atoms with E-state index in [0.717, 1.165) is 22.0 Å². The molecule has 0 saturated heterocycles. The average molecular weight is 524 g/mol. The second kappa shape index (κ2) is 12.4. The number of halogens is 1. The summed E-state index contributed by atoms with van der Waals surface area (Å²) in [6.07, 6.45) is 1.89. The highest BCUT2D eigenvalue weighted by molar-refractivity contribution is 14.1. The zero-order chi connectivity index (χ0) is 21.9. The Morgan fingerprint density at radius 3 is 2.53 bits per heavy atom. The average Bonchev–Trinajstić information content (AvgIpc) is 2.76. The van der Waals surface area contributed by atoms with Crippen LogP contribution in [-0.2, 0) is 16.1 Å². The third-order valence-electron chi connectivity index (χ3n) is 4.66. The van der Waals surface area contributed by atoms with Crippen molar-refractivity contribution in [3.05, 3.63) is 57.7 Å². The van der Waals surface area contributed by atoms with Gasteiger partial charge in [-0.2, -0.15) is 0 Å². The van der Waals surface area contributed by atoms with Gasteiger partial charge in [-0.05, 0) is 77.9 Å². The summed E-state index contributed by atoms with van der Waals surface area (Å²) in [7, 11) is 1.60. The molecule has 1 N–H and O–H groups in total. The molecule has 0 bridgehead atoms. The minimum Gasteiger partial charge on any atom is -0.497 e. The van der Waals surface area contributed by atoms with Crippen molar-refractivity contribution in [1.29, 1.82) is 0 Å². The van der Waals surface area contributed by atoms with Crippen LogP contribution in [0.25, 0.3) is 0 Å². The molecule has 1 atom stereocenters. The molecule has 2 aromatic carbocycles. The van der Waals surface area contributed by atoms with Crippen LogP contribution in [0.5, 0.6) is 11.5 Å². The van der Waals surface area contributed by atoms with Crippen LogP contribution < -0.4 is 14.8 Å². The van der Waals surface area contributed by atoms with Gasteiger partial charge in [-0.3, -0.25) is 9.59 Å². The van der Waals surface area contributed by atoms with Crippen LogP contribution in [-0.4, -0.2) is 43.0 Å². The fraction of sp³-hybridized carbons (Fsp3) is 0.391. The maximum Gasteiger partial charge on any atom is 0.261 e. The highest BCUT2D eigenvalue weighted by atomic mass is 127. The van der Waals surface area contributed by atoms with Crippen molar-refractivity contribution < 1.29 is 19.1 Å². The smallest absolute Gasteiger partial charge is 0.261 e. The molecule has 0 fully saturated rings. The van der Waals surface area contributed by atoms with Gasteiger partial charge in [0.25, 0.3) is 5.91 Å². The largest absolute Gasteiger partial charge is 0.497 e. The number of rotatable bonds is 11. The number of nitrogens with zero attached hydrogens (tertiary/aromatic N) is 1. The van der Waals surface area contributed by atoms with Gasteiger partial charge >= 0.3 is 0 Å². The van der Waals surface area contributed by atoms with Gasteiger partial charge in [-0.15, -0.1) is 0 Å². The number of methoxy groups -OCH3 is 1. The number of carbonyl (C=O) groups is 2. The number of carbonyl (C=O) groups excluding carboxylic acids is 2. The Labute approximate surface area is 192 Å². The first-order chi connectivity index (χ1) is 14.4. The quantitative estimate of drug-likeness (QED) is 0.357. The molecule has 1 unspecified atom stereocenters. The highest BCUT2D eigenvalue weighted by Crippen LogP contribution is 2.17. The second-order valence-corrected chi connectivity index (χ2v) is 8.18. The van der Waals surface area contributed by atoms with Gasteiger partial charge in [0.1, 0.15) is 17.5 Å². The summed E-state index contributed by atoms with van der Waals surface area (Å²) in [5.74, 6) is 0.892. The van der Waals surface area contributed by atoms with E-state index in [-0.39, 0.29) is 25.0 Å². The molecule has 30 heavy (non-hydrogen) atoms. The van der Waals surface area contributed by atoms with E-state index in [1.54, 1.807) is 18.9 Å². The van der Waals surface area contributed by atoms with Gasteiger partial charge in [0.05, 0.1) is 7.11 Å². The Bertz CT molecular complexity index is 826. The van der Waals surface area contributed by atoms with Crippen molar-refractivity contribution in [3.63, 3.8) is 0 Å². The van der Waals surface area contributed by atoms with E-state index < -0.39 is 6.04 Å². The summed E-state index contributed by atoms with van der Waals surface area (Å²) in [5.41, 5.74) is 0.880. The van der Waals surface area contributed by atoms with Gasteiger partial charge < -0.3 is 19.7 Å². The van der Waals surface area contributed by atoms with E-state index in [2.05, 4.69) is 34.8 Å². The molecule has 6 nitrogen and oxygen atoms in total. The summed E-state index contributed by atoms with van der Waals surface area (Å²) in [6, 6.07) is 14.3. The molecule has 0 aliphatic rings. The molecule has 0 spiro atoms. The number of ether oxygens (including phenoxy) is 2. The number of hydrogen-bond donors (Lipinski definition) is 1. The Balaban J connectivity index is 2.12. The van der Waals surface area contributed by atoms with Gasteiger partial charge in [0.15, 0.2) is 6.61 Å². The van der Waals surface area contributed by atoms with Crippen molar-refractivity contribution in [1.82, 2.24) is 10.2 Å². The van der Waals surface area contributed by atoms with E-state index in [9.17, 15) is 9.59 Å². The molecule has 2 aromatic rings. The fourth-order valence-corrected chi connectivity index (χ4v) is 3.20. The third kappa shape index (κ3) is 7.51. The van der Waals surface area contributed by atoms with Gasteiger partial charge in [-0.25, -0.2) is 0 Å². The topological polar surface area (TPSA) is 67.9 Å². The number of benzene rings is 2. The fourth-order valence-electron chi connectivity index (χ4n) is 2.85. The minimum absolute atomic E-state index is 0.142. The van der Waals surface area contributed by atoms with Crippen LogP contribution in [0.2, 0.25) is 0 Å². The first kappa shape index (κ1) is 24.0. The van der Waals surface area contributed by atoms with Crippen molar-refractivity contribution in [2.45, 2.75) is 39.3 Å². The van der Waals surface area contributed by atoms with E-state index in [4.69, 9.17) is 9.47 Å². The van der Waals surface area contributed by atoms with Crippen molar-refractivity contribution in [2.24, 2.45) is 0 Å². The van der Waals surface area contributed by atoms with Crippen LogP contribution in [0.15, 0.2) is 48.5 Å². The summed E-state index contributed by atoms with van der Waals surface area (Å²) in [4.78, 5) is 27.2. The van der Waals surface area contributed by atoms with E-state index >= 15 is 0 Å². The molecular formula is C23H29IN2O4. The number of nitrogens with one attached hydrogen (secondary N) is 1. The Morgan fingerprint density at radius 1 is 1.13 bits per heavy atom. The molecule has 162 valence electrons. The van der Waals surface area contributed by atoms with Crippen molar-refractivity contribution in [3.8, 4) is 11.5 Å².